The van der Waals surface area contributed by atoms with Crippen LogP contribution in [0.5, 0.6) is 0 Å². The molecular formula is C17H32O10S8. The molecule has 10 nitrogen and oxygen atoms in total. The van der Waals surface area contributed by atoms with Crippen LogP contribution in [0.15, 0.2) is 0 Å². The predicted octanol–water partition coefficient (Wildman–Crippen LogP) is 3.44. The van der Waals surface area contributed by atoms with Crippen LogP contribution in [-0.4, -0.2) is 109 Å². The zero-order valence-corrected chi connectivity index (χ0v) is 25.6. The van der Waals surface area contributed by atoms with E-state index in [1.165, 1.54) is 58.8 Å². The Labute approximate surface area is 240 Å². The van der Waals surface area contributed by atoms with E-state index in [1.54, 1.807) is 23.5 Å². The van der Waals surface area contributed by atoms with Crippen molar-refractivity contribution in [1.82, 2.24) is 0 Å². The van der Waals surface area contributed by atoms with Gasteiger partial charge in [0, 0.05) is 26.8 Å². The molecule has 0 aliphatic rings. The largest absolute Gasteiger partial charge is 0.454 e. The lowest BCUT2D eigenvalue weighted by Crippen LogP contribution is -2.07. The second-order valence-corrected chi connectivity index (χ2v) is 14.3. The summed E-state index contributed by atoms with van der Waals surface area (Å²) in [7, 11) is 0. The van der Waals surface area contributed by atoms with Gasteiger partial charge in [-0.25, -0.2) is 19.6 Å². The number of rotatable bonds is 28. The number of carbonyl (C=O) groups excluding carboxylic acids is 2. The van der Waals surface area contributed by atoms with Crippen molar-refractivity contribution in [2.75, 3.05) is 87.1 Å². The van der Waals surface area contributed by atoms with Crippen molar-refractivity contribution >= 4 is 106 Å². The maximum absolute atomic E-state index is 11.6. The molecule has 0 rings (SSSR count). The number of aliphatic hydroxyl groups is 2. The molecule has 0 saturated carbocycles. The van der Waals surface area contributed by atoms with Gasteiger partial charge in [-0.3, -0.25) is 9.59 Å². The van der Waals surface area contributed by atoms with Gasteiger partial charge >= 0.3 is 11.9 Å². The molecule has 0 aliphatic carbocycles. The molecule has 35 heavy (non-hydrogen) atoms. The molecule has 0 spiro atoms. The van der Waals surface area contributed by atoms with Crippen LogP contribution in [-0.2, 0) is 38.6 Å². The first-order chi connectivity index (χ1) is 17.2. The number of aliphatic hydroxyl groups excluding tert-OH is 2. The normalized spacial score (nSPS) is 11.0. The van der Waals surface area contributed by atoms with Gasteiger partial charge in [-0.15, -0.1) is 82.3 Å². The van der Waals surface area contributed by atoms with E-state index in [0.717, 1.165) is 38.5 Å². The molecule has 0 fully saturated rings. The molecule has 0 aliphatic heterocycles. The Morgan fingerprint density at radius 3 is 1.49 bits per heavy atom. The molecule has 0 atom stereocenters. The first kappa shape index (κ1) is 36.5. The predicted molar refractivity (Wildman–Crippen MR) is 155 cm³/mol. The molecular weight excluding hydrogens is 621 g/mol. The Morgan fingerprint density at radius 2 is 0.943 bits per heavy atom. The summed E-state index contributed by atoms with van der Waals surface area (Å²) >= 11 is 11.6. The lowest BCUT2D eigenvalue weighted by molar-refractivity contribution is -0.274. The van der Waals surface area contributed by atoms with E-state index < -0.39 is 0 Å². The van der Waals surface area contributed by atoms with Crippen LogP contribution in [0.4, 0.5) is 0 Å². The molecule has 2 N–H and O–H groups in total. The molecule has 0 radical (unpaired) electrons. The minimum atomic E-state index is -0.283. The first-order valence-electron chi connectivity index (χ1n) is 9.84. The highest BCUT2D eigenvalue weighted by Crippen LogP contribution is 2.16. The highest BCUT2D eigenvalue weighted by Gasteiger charge is 2.04. The summed E-state index contributed by atoms with van der Waals surface area (Å²) in [6.45, 7) is 0.907. The lowest BCUT2D eigenvalue weighted by Gasteiger charge is -2.06. The summed E-state index contributed by atoms with van der Waals surface area (Å²) < 4.78 is 10.0. The average molecular weight is 653 g/mol. The smallest absolute Gasteiger partial charge is 0.316 e. The van der Waals surface area contributed by atoms with Gasteiger partial charge in [0.05, 0.1) is 36.6 Å². The van der Waals surface area contributed by atoms with E-state index in [9.17, 15) is 9.59 Å². The van der Waals surface area contributed by atoms with Crippen molar-refractivity contribution in [2.45, 2.75) is 0 Å². The van der Waals surface area contributed by atoms with Crippen molar-refractivity contribution in [3.05, 3.63) is 0 Å². The van der Waals surface area contributed by atoms with Gasteiger partial charge in [-0.1, -0.05) is 11.8 Å². The first-order valence-corrected chi connectivity index (χ1v) is 19.1. The van der Waals surface area contributed by atoms with E-state index >= 15 is 0 Å². The molecule has 0 aromatic carbocycles. The fraction of sp³-hybridized carbons (Fsp3) is 0.882. The number of hydrogen-bond donors (Lipinski definition) is 2. The second-order valence-electron chi connectivity index (χ2n) is 5.33. The zero-order valence-electron chi connectivity index (χ0n) is 19.0. The second kappa shape index (κ2) is 31.7. The monoisotopic (exact) mass is 652 g/mol. The summed E-state index contributed by atoms with van der Waals surface area (Å²) in [5.41, 5.74) is 0. The third kappa shape index (κ3) is 31.6. The van der Waals surface area contributed by atoms with Gasteiger partial charge in [-0.2, -0.15) is 0 Å². The van der Waals surface area contributed by atoms with E-state index in [1.807, 2.05) is 0 Å². The Morgan fingerprint density at radius 1 is 0.514 bits per heavy atom. The van der Waals surface area contributed by atoms with E-state index in [2.05, 4.69) is 0 Å². The van der Waals surface area contributed by atoms with Gasteiger partial charge in [0.15, 0.2) is 0 Å². The third-order valence-corrected chi connectivity index (χ3v) is 10.0. The number of esters is 2. The van der Waals surface area contributed by atoms with E-state index in [-0.39, 0.29) is 35.5 Å². The van der Waals surface area contributed by atoms with Crippen molar-refractivity contribution in [2.24, 2.45) is 0 Å². The molecule has 0 aromatic rings. The fourth-order valence-corrected chi connectivity index (χ4v) is 6.72. The summed E-state index contributed by atoms with van der Waals surface area (Å²) in [6, 6.07) is 0. The quantitative estimate of drug-likeness (QED) is 0.0420. The summed E-state index contributed by atoms with van der Waals surface area (Å²) in [6.07, 6.45) is 0. The standard InChI is InChI=1S/C17H32O10S8/c18-7-32-9-22-16(20)5-30-13-29-4-2-25-27-12-35-15-34-10-23-17(21)6-31-14-28-3-1-24-26-11-33-8-19/h18-19H,1-15H2. The minimum absolute atomic E-state index is 0.00369. The number of hydrogen-bond acceptors (Lipinski definition) is 18. The highest BCUT2D eigenvalue weighted by atomic mass is 32.2. The Kier molecular flexibility index (Phi) is 33.1. The van der Waals surface area contributed by atoms with Gasteiger partial charge < -0.3 is 19.7 Å². The van der Waals surface area contributed by atoms with Gasteiger partial charge in [0.2, 0.25) is 0 Å². The van der Waals surface area contributed by atoms with E-state index in [4.69, 9.17) is 39.2 Å². The van der Waals surface area contributed by atoms with Crippen molar-refractivity contribution in [3.8, 4) is 0 Å². The third-order valence-electron chi connectivity index (χ3n) is 2.78. The van der Waals surface area contributed by atoms with Crippen molar-refractivity contribution < 1.29 is 48.8 Å². The van der Waals surface area contributed by atoms with Gasteiger partial charge in [-0.05, 0) is 0 Å². The molecule has 0 amide bonds. The van der Waals surface area contributed by atoms with E-state index in [0.29, 0.717) is 36.8 Å². The average Bonchev–Trinajstić information content (AvgIpc) is 2.85. The number of carbonyl (C=O) groups is 2. The van der Waals surface area contributed by atoms with Crippen LogP contribution in [0.3, 0.4) is 0 Å². The van der Waals surface area contributed by atoms with Crippen LogP contribution in [0, 0.1) is 0 Å². The highest BCUT2D eigenvalue weighted by molar-refractivity contribution is 8.16. The van der Waals surface area contributed by atoms with Crippen LogP contribution in [0.1, 0.15) is 0 Å². The lowest BCUT2D eigenvalue weighted by atomic mass is 10.8. The van der Waals surface area contributed by atoms with Crippen LogP contribution in [0.25, 0.3) is 0 Å². The van der Waals surface area contributed by atoms with Crippen molar-refractivity contribution in [1.29, 1.82) is 0 Å². The SMILES string of the molecule is O=C(CSCSCCOOCSCSCOC(=O)CSCSCCOOCSCO)OCSCO. The molecule has 0 saturated heterocycles. The van der Waals surface area contributed by atoms with Crippen LogP contribution >= 0.6 is 94.1 Å². The summed E-state index contributed by atoms with van der Waals surface area (Å²) in [5, 5.41) is 19.4. The van der Waals surface area contributed by atoms with Crippen molar-refractivity contribution in [3.63, 3.8) is 0 Å². The molecule has 0 unspecified atom stereocenters. The van der Waals surface area contributed by atoms with Crippen LogP contribution < -0.4 is 0 Å². The summed E-state index contributed by atoms with van der Waals surface area (Å²) in [5.74, 6) is 2.70. The minimum Gasteiger partial charge on any atom is -0.454 e. The fourth-order valence-electron chi connectivity index (χ4n) is 1.43. The Hall–Kier alpha value is 1.50. The summed E-state index contributed by atoms with van der Waals surface area (Å²) in [4.78, 5) is 42.9. The van der Waals surface area contributed by atoms with Crippen LogP contribution in [0.2, 0.25) is 0 Å². The number of thioether (sulfide) groups is 8. The molecule has 208 valence electrons. The number of ether oxygens (including phenoxy) is 2. The Bertz CT molecular complexity index is 484. The maximum atomic E-state index is 11.6. The molecule has 0 heterocycles. The van der Waals surface area contributed by atoms with Gasteiger partial charge in [0.1, 0.15) is 23.8 Å². The molecule has 18 heteroatoms. The Balaban J connectivity index is 3.19. The van der Waals surface area contributed by atoms with Gasteiger partial charge in [0.25, 0.3) is 0 Å². The molecule has 0 aromatic heterocycles. The topological polar surface area (TPSA) is 130 Å². The zero-order chi connectivity index (χ0) is 25.7. The maximum Gasteiger partial charge on any atom is 0.316 e. The molecule has 0 bridgehead atoms.